The van der Waals surface area contributed by atoms with Crippen LogP contribution in [0.2, 0.25) is 0 Å². The van der Waals surface area contributed by atoms with Gasteiger partial charge in [0.25, 0.3) is 11.6 Å². The summed E-state index contributed by atoms with van der Waals surface area (Å²) in [6, 6.07) is 5.86. The molecule has 4 bridgehead atoms. The van der Waals surface area contributed by atoms with E-state index in [2.05, 4.69) is 5.32 Å². The molecule has 0 aromatic heterocycles. The van der Waals surface area contributed by atoms with Gasteiger partial charge in [0.2, 0.25) is 0 Å². The van der Waals surface area contributed by atoms with Crippen LogP contribution in [0.15, 0.2) is 24.3 Å². The number of nitrogens with zero attached hydrogens (tertiary/aromatic N) is 1. The number of carbonyl (C=O) groups excluding carboxylic acids is 2. The van der Waals surface area contributed by atoms with Crippen molar-refractivity contribution in [1.82, 2.24) is 0 Å². The first-order chi connectivity index (χ1) is 13.2. The molecular formula is C20H23ClN2O5. The van der Waals surface area contributed by atoms with Crippen LogP contribution in [-0.4, -0.2) is 27.8 Å². The summed E-state index contributed by atoms with van der Waals surface area (Å²) in [7, 11) is 0. The first kappa shape index (κ1) is 19.2. The van der Waals surface area contributed by atoms with E-state index in [1.807, 2.05) is 0 Å². The maximum absolute atomic E-state index is 13.0. The normalized spacial score (nSPS) is 33.9. The number of halogens is 1. The van der Waals surface area contributed by atoms with Crippen LogP contribution in [0.5, 0.6) is 0 Å². The van der Waals surface area contributed by atoms with Crippen molar-refractivity contribution >= 4 is 34.9 Å². The molecule has 4 aliphatic carbocycles. The number of carbonyl (C=O) groups is 2. The van der Waals surface area contributed by atoms with E-state index in [0.717, 1.165) is 32.1 Å². The molecular weight excluding hydrogens is 384 g/mol. The number of alkyl halides is 1. The van der Waals surface area contributed by atoms with Gasteiger partial charge in [-0.1, -0.05) is 12.1 Å². The lowest BCUT2D eigenvalue weighted by molar-refractivity contribution is -0.383. The number of ether oxygens (including phenoxy) is 1. The molecule has 0 heterocycles. The predicted molar refractivity (Wildman–Crippen MR) is 103 cm³/mol. The fourth-order valence-corrected chi connectivity index (χ4v) is 6.39. The highest BCUT2D eigenvalue weighted by atomic mass is 35.5. The number of nitro benzene ring substituents is 1. The molecule has 0 saturated heterocycles. The number of nitrogens with one attached hydrogen (secondary N) is 1. The van der Waals surface area contributed by atoms with Crippen LogP contribution in [0, 0.1) is 27.4 Å². The summed E-state index contributed by atoms with van der Waals surface area (Å²) in [5.41, 5.74) is -0.728. The Bertz CT molecular complexity index is 828. The van der Waals surface area contributed by atoms with Crippen molar-refractivity contribution in [2.24, 2.45) is 17.3 Å². The van der Waals surface area contributed by atoms with Gasteiger partial charge in [0, 0.05) is 10.9 Å². The van der Waals surface area contributed by atoms with E-state index in [4.69, 9.17) is 16.3 Å². The third-order valence-electron chi connectivity index (χ3n) is 6.43. The van der Waals surface area contributed by atoms with Gasteiger partial charge >= 0.3 is 5.97 Å². The quantitative estimate of drug-likeness (QED) is 0.344. The van der Waals surface area contributed by atoms with Crippen LogP contribution in [0.25, 0.3) is 0 Å². The van der Waals surface area contributed by atoms with Crippen LogP contribution in [0.4, 0.5) is 11.4 Å². The molecule has 4 aliphatic rings. The maximum Gasteiger partial charge on any atom is 0.312 e. The Morgan fingerprint density at radius 1 is 1.25 bits per heavy atom. The van der Waals surface area contributed by atoms with Crippen molar-refractivity contribution in [3.05, 3.63) is 34.4 Å². The van der Waals surface area contributed by atoms with Crippen LogP contribution >= 0.6 is 11.6 Å². The van der Waals surface area contributed by atoms with E-state index in [1.54, 1.807) is 6.07 Å². The zero-order valence-corrected chi connectivity index (χ0v) is 16.4. The molecule has 5 atom stereocenters. The third kappa shape index (κ3) is 3.36. The Morgan fingerprint density at radius 3 is 2.50 bits per heavy atom. The van der Waals surface area contributed by atoms with E-state index < -0.39 is 22.3 Å². The number of esters is 1. The van der Waals surface area contributed by atoms with E-state index in [-0.39, 0.29) is 22.2 Å². The van der Waals surface area contributed by atoms with Gasteiger partial charge in [-0.25, -0.2) is 0 Å². The fourth-order valence-electron chi connectivity index (χ4n) is 5.70. The summed E-state index contributed by atoms with van der Waals surface area (Å²) in [6.07, 6.45) is 4.13. The second-order valence-corrected chi connectivity index (χ2v) is 9.51. The number of rotatable bonds is 5. The molecule has 150 valence electrons. The average Bonchev–Trinajstić information content (AvgIpc) is 2.59. The number of benzene rings is 1. The highest BCUT2D eigenvalue weighted by Crippen LogP contribution is 2.64. The Balaban J connectivity index is 1.44. The van der Waals surface area contributed by atoms with Crippen molar-refractivity contribution in [3.8, 4) is 0 Å². The second-order valence-electron chi connectivity index (χ2n) is 8.70. The highest BCUT2D eigenvalue weighted by molar-refractivity contribution is 6.24. The summed E-state index contributed by atoms with van der Waals surface area (Å²) in [5.74, 6) is -0.0606. The van der Waals surface area contributed by atoms with Crippen molar-refractivity contribution in [1.29, 1.82) is 0 Å². The van der Waals surface area contributed by atoms with Crippen LogP contribution < -0.4 is 5.32 Å². The summed E-state index contributed by atoms with van der Waals surface area (Å²) < 4.78 is 5.54. The summed E-state index contributed by atoms with van der Waals surface area (Å²) in [4.78, 5) is 35.7. The molecule has 0 spiro atoms. The second kappa shape index (κ2) is 6.72. The summed E-state index contributed by atoms with van der Waals surface area (Å²) in [5, 5.41) is 13.6. The molecule has 5 rings (SSSR count). The standard InChI is InChI=1S/C20H23ClN2O5/c1-12(17(24)22-15-4-2-3-5-16(15)23(26)27)28-18(25)19-7-13-6-14(8-19)10-20(21,9-13)11-19/h2-5,12-14H,6-11H2,1H3,(H,22,24)/t12-,13-,14+,19?,20?/m0/s1. The molecule has 7 nitrogen and oxygen atoms in total. The van der Waals surface area contributed by atoms with Crippen molar-refractivity contribution in [2.45, 2.75) is 56.4 Å². The number of hydrogen-bond donors (Lipinski definition) is 1. The van der Waals surface area contributed by atoms with Crippen molar-refractivity contribution in [2.75, 3.05) is 5.32 Å². The van der Waals surface area contributed by atoms with Crippen molar-refractivity contribution in [3.63, 3.8) is 0 Å². The number of nitro groups is 1. The van der Waals surface area contributed by atoms with Crippen LogP contribution in [0.3, 0.4) is 0 Å². The van der Waals surface area contributed by atoms with E-state index in [0.29, 0.717) is 18.3 Å². The van der Waals surface area contributed by atoms with Gasteiger partial charge in [-0.05, 0) is 63.4 Å². The summed E-state index contributed by atoms with van der Waals surface area (Å²) >= 11 is 6.77. The van der Waals surface area contributed by atoms with Gasteiger partial charge in [-0.3, -0.25) is 19.7 Å². The molecule has 8 heteroatoms. The fraction of sp³-hybridized carbons (Fsp3) is 0.600. The monoisotopic (exact) mass is 406 g/mol. The number of amides is 1. The number of anilines is 1. The minimum atomic E-state index is -1.05. The van der Waals surface area contributed by atoms with Crippen LogP contribution in [0.1, 0.15) is 45.4 Å². The molecule has 28 heavy (non-hydrogen) atoms. The Morgan fingerprint density at radius 2 is 1.89 bits per heavy atom. The molecule has 2 unspecified atom stereocenters. The van der Waals surface area contributed by atoms with E-state index in [9.17, 15) is 19.7 Å². The Labute approximate surface area is 167 Å². The molecule has 0 radical (unpaired) electrons. The van der Waals surface area contributed by atoms with E-state index >= 15 is 0 Å². The van der Waals surface area contributed by atoms with E-state index in [1.165, 1.54) is 25.1 Å². The molecule has 4 fully saturated rings. The molecule has 1 amide bonds. The number of para-hydroxylation sites is 2. The zero-order valence-electron chi connectivity index (χ0n) is 15.7. The zero-order chi connectivity index (χ0) is 20.1. The SMILES string of the molecule is C[C@H](OC(=O)C12C[C@@H]3C[C@@H](CC(Cl)(C3)C1)C2)C(=O)Nc1ccccc1[N+](=O)[O-]. The van der Waals surface area contributed by atoms with Gasteiger partial charge in [-0.2, -0.15) is 0 Å². The Hall–Kier alpha value is -2.15. The molecule has 0 aliphatic heterocycles. The lowest BCUT2D eigenvalue weighted by Gasteiger charge is -2.58. The average molecular weight is 407 g/mol. The van der Waals surface area contributed by atoms with Crippen LogP contribution in [-0.2, 0) is 14.3 Å². The minimum Gasteiger partial charge on any atom is -0.452 e. The Kier molecular flexibility index (Phi) is 4.61. The molecule has 4 saturated carbocycles. The first-order valence-corrected chi connectivity index (χ1v) is 10.0. The smallest absolute Gasteiger partial charge is 0.312 e. The van der Waals surface area contributed by atoms with Crippen molar-refractivity contribution < 1.29 is 19.2 Å². The predicted octanol–water partition coefficient (Wildman–Crippen LogP) is 4.04. The highest BCUT2D eigenvalue weighted by Gasteiger charge is 2.61. The topological polar surface area (TPSA) is 98.5 Å². The lowest BCUT2D eigenvalue weighted by atomic mass is 9.49. The lowest BCUT2D eigenvalue weighted by Crippen LogP contribution is -2.57. The third-order valence-corrected chi connectivity index (χ3v) is 6.88. The van der Waals surface area contributed by atoms with Gasteiger partial charge < -0.3 is 10.1 Å². The van der Waals surface area contributed by atoms with Gasteiger partial charge in [-0.15, -0.1) is 11.6 Å². The summed E-state index contributed by atoms with van der Waals surface area (Å²) in [6.45, 7) is 1.49. The molecule has 1 aromatic carbocycles. The first-order valence-electron chi connectivity index (χ1n) is 9.64. The largest absolute Gasteiger partial charge is 0.452 e. The molecule has 1 N–H and O–H groups in total. The van der Waals surface area contributed by atoms with Gasteiger partial charge in [0.05, 0.1) is 10.3 Å². The molecule has 1 aromatic rings. The minimum absolute atomic E-state index is 0.0786. The van der Waals surface area contributed by atoms with Gasteiger partial charge in [0.15, 0.2) is 6.10 Å². The van der Waals surface area contributed by atoms with Gasteiger partial charge in [0.1, 0.15) is 5.69 Å². The maximum atomic E-state index is 13.0. The number of hydrogen-bond acceptors (Lipinski definition) is 5.